The standard InChI is InChI=1S/C12H12BrNO4S/c1-3-6-14(8-12(15)16)19(17,18)11-5-4-9(2)7-10(11)13/h1,4-5,7H,6,8H2,2H3,(H,15,16). The predicted octanol–water partition coefficient (Wildman–Crippen LogP) is 1.47. The third kappa shape index (κ3) is 3.80. The molecule has 0 bridgehead atoms. The monoisotopic (exact) mass is 345 g/mol. The van der Waals surface area contributed by atoms with Crippen LogP contribution >= 0.6 is 15.9 Å². The molecule has 0 aliphatic heterocycles. The molecule has 0 saturated heterocycles. The molecule has 1 rings (SSSR count). The molecule has 1 N–H and O–H groups in total. The lowest BCUT2D eigenvalue weighted by Crippen LogP contribution is -2.36. The van der Waals surface area contributed by atoms with Gasteiger partial charge in [-0.25, -0.2) is 8.42 Å². The average Bonchev–Trinajstić information content (AvgIpc) is 2.27. The van der Waals surface area contributed by atoms with E-state index in [1.807, 2.05) is 6.92 Å². The Morgan fingerprint density at radius 3 is 2.63 bits per heavy atom. The van der Waals surface area contributed by atoms with Gasteiger partial charge >= 0.3 is 5.97 Å². The van der Waals surface area contributed by atoms with E-state index < -0.39 is 22.5 Å². The smallest absolute Gasteiger partial charge is 0.318 e. The molecule has 0 atom stereocenters. The Bertz CT molecular complexity index is 634. The highest BCUT2D eigenvalue weighted by Gasteiger charge is 2.27. The van der Waals surface area contributed by atoms with Crippen molar-refractivity contribution in [2.75, 3.05) is 13.1 Å². The molecule has 0 fully saturated rings. The van der Waals surface area contributed by atoms with Crippen LogP contribution in [0.1, 0.15) is 5.56 Å². The lowest BCUT2D eigenvalue weighted by molar-refractivity contribution is -0.137. The molecule has 0 radical (unpaired) electrons. The van der Waals surface area contributed by atoms with E-state index in [-0.39, 0.29) is 11.4 Å². The number of terminal acetylenes is 1. The van der Waals surface area contributed by atoms with E-state index in [2.05, 4.69) is 21.9 Å². The molecular formula is C12H12BrNO4S. The molecule has 1 aromatic rings. The second kappa shape index (κ2) is 6.19. The highest BCUT2D eigenvalue weighted by atomic mass is 79.9. The van der Waals surface area contributed by atoms with Crippen LogP contribution < -0.4 is 0 Å². The number of hydrogen-bond donors (Lipinski definition) is 1. The minimum absolute atomic E-state index is 0.00500. The number of rotatable bonds is 5. The van der Waals surface area contributed by atoms with Gasteiger partial charge in [0.25, 0.3) is 0 Å². The van der Waals surface area contributed by atoms with E-state index in [1.54, 1.807) is 12.1 Å². The number of aryl methyl sites for hydroxylation is 1. The molecular weight excluding hydrogens is 334 g/mol. The van der Waals surface area contributed by atoms with Gasteiger partial charge in [-0.3, -0.25) is 4.79 Å². The largest absolute Gasteiger partial charge is 0.480 e. The van der Waals surface area contributed by atoms with Crippen molar-refractivity contribution in [3.8, 4) is 12.3 Å². The molecule has 102 valence electrons. The molecule has 0 spiro atoms. The fraction of sp³-hybridized carbons (Fsp3) is 0.250. The van der Waals surface area contributed by atoms with Crippen LogP contribution in [0.3, 0.4) is 0 Å². The number of carboxylic acid groups (broad SMARTS) is 1. The van der Waals surface area contributed by atoms with E-state index in [1.165, 1.54) is 6.07 Å². The van der Waals surface area contributed by atoms with Gasteiger partial charge in [-0.2, -0.15) is 4.31 Å². The summed E-state index contributed by atoms with van der Waals surface area (Å²) in [6, 6.07) is 4.69. The van der Waals surface area contributed by atoms with Crippen molar-refractivity contribution < 1.29 is 18.3 Å². The quantitative estimate of drug-likeness (QED) is 0.820. The van der Waals surface area contributed by atoms with Gasteiger partial charge in [0.1, 0.15) is 6.54 Å². The highest BCUT2D eigenvalue weighted by Crippen LogP contribution is 2.25. The zero-order chi connectivity index (χ0) is 14.6. The van der Waals surface area contributed by atoms with Crippen molar-refractivity contribution in [1.29, 1.82) is 0 Å². The van der Waals surface area contributed by atoms with E-state index >= 15 is 0 Å². The third-order valence-corrected chi connectivity index (χ3v) is 5.05. The molecule has 1 aromatic carbocycles. The summed E-state index contributed by atoms with van der Waals surface area (Å²) in [6.45, 7) is 0.847. The Morgan fingerprint density at radius 1 is 1.53 bits per heavy atom. The number of sulfonamides is 1. The maximum absolute atomic E-state index is 12.3. The maximum atomic E-state index is 12.3. The molecule has 0 aromatic heterocycles. The maximum Gasteiger partial charge on any atom is 0.318 e. The molecule has 0 aliphatic rings. The van der Waals surface area contributed by atoms with E-state index in [0.29, 0.717) is 4.47 Å². The van der Waals surface area contributed by atoms with Gasteiger partial charge in [0, 0.05) is 4.47 Å². The topological polar surface area (TPSA) is 74.7 Å². The van der Waals surface area contributed by atoms with Gasteiger partial charge in [-0.1, -0.05) is 12.0 Å². The third-order valence-electron chi connectivity index (χ3n) is 2.28. The van der Waals surface area contributed by atoms with Crippen molar-refractivity contribution in [2.24, 2.45) is 0 Å². The Labute approximate surface area is 120 Å². The molecule has 0 unspecified atom stereocenters. The summed E-state index contributed by atoms with van der Waals surface area (Å²) < 4.78 is 25.8. The molecule has 0 amide bonds. The molecule has 0 heterocycles. The summed E-state index contributed by atoms with van der Waals surface area (Å²) in [5, 5.41) is 8.75. The van der Waals surface area contributed by atoms with Crippen LogP contribution in [0.4, 0.5) is 0 Å². The Hall–Kier alpha value is -1.36. The van der Waals surface area contributed by atoms with Gasteiger partial charge in [0.05, 0.1) is 11.4 Å². The number of aliphatic carboxylic acids is 1. The molecule has 0 saturated carbocycles. The van der Waals surface area contributed by atoms with Crippen LogP contribution in [-0.2, 0) is 14.8 Å². The van der Waals surface area contributed by atoms with Gasteiger partial charge in [-0.05, 0) is 40.5 Å². The van der Waals surface area contributed by atoms with Crippen LogP contribution in [0.5, 0.6) is 0 Å². The first-order valence-electron chi connectivity index (χ1n) is 5.20. The Kier molecular flexibility index (Phi) is 5.11. The van der Waals surface area contributed by atoms with Crippen LogP contribution in [-0.4, -0.2) is 36.9 Å². The fourth-order valence-electron chi connectivity index (χ4n) is 1.43. The van der Waals surface area contributed by atoms with Gasteiger partial charge in [0.2, 0.25) is 10.0 Å². The van der Waals surface area contributed by atoms with Gasteiger partial charge in [-0.15, -0.1) is 6.42 Å². The first-order chi connectivity index (χ1) is 8.78. The highest BCUT2D eigenvalue weighted by molar-refractivity contribution is 9.10. The van der Waals surface area contributed by atoms with E-state index in [0.717, 1.165) is 9.87 Å². The first-order valence-corrected chi connectivity index (χ1v) is 7.44. The fourth-order valence-corrected chi connectivity index (χ4v) is 3.89. The number of nitrogens with zero attached hydrogens (tertiary/aromatic N) is 1. The normalized spacial score (nSPS) is 11.3. The number of halogens is 1. The van der Waals surface area contributed by atoms with Crippen LogP contribution in [0, 0.1) is 19.3 Å². The lowest BCUT2D eigenvalue weighted by atomic mass is 10.2. The number of carboxylic acids is 1. The SMILES string of the molecule is C#CCN(CC(=O)O)S(=O)(=O)c1ccc(C)cc1Br. The average molecular weight is 346 g/mol. The predicted molar refractivity (Wildman–Crippen MR) is 74.1 cm³/mol. The lowest BCUT2D eigenvalue weighted by Gasteiger charge is -2.18. The minimum atomic E-state index is -3.94. The van der Waals surface area contributed by atoms with Gasteiger partial charge < -0.3 is 5.11 Å². The van der Waals surface area contributed by atoms with Crippen molar-refractivity contribution in [3.05, 3.63) is 28.2 Å². The van der Waals surface area contributed by atoms with Crippen molar-refractivity contribution >= 4 is 31.9 Å². The summed E-state index contributed by atoms with van der Waals surface area (Å²) in [5.74, 6) is 0.886. The zero-order valence-corrected chi connectivity index (χ0v) is 12.5. The Balaban J connectivity index is 3.27. The van der Waals surface area contributed by atoms with Crippen LogP contribution in [0.25, 0.3) is 0 Å². The van der Waals surface area contributed by atoms with Crippen LogP contribution in [0.2, 0.25) is 0 Å². The number of benzene rings is 1. The number of carbonyl (C=O) groups is 1. The van der Waals surface area contributed by atoms with Crippen molar-refractivity contribution in [1.82, 2.24) is 4.31 Å². The molecule has 7 heteroatoms. The molecule has 5 nitrogen and oxygen atoms in total. The Morgan fingerprint density at radius 2 is 2.16 bits per heavy atom. The summed E-state index contributed by atoms with van der Waals surface area (Å²) in [7, 11) is -3.94. The second-order valence-corrected chi connectivity index (χ2v) is 6.57. The van der Waals surface area contributed by atoms with E-state index in [9.17, 15) is 13.2 Å². The summed E-state index contributed by atoms with van der Waals surface area (Å²) >= 11 is 3.16. The minimum Gasteiger partial charge on any atom is -0.480 e. The van der Waals surface area contributed by atoms with Crippen LogP contribution in [0.15, 0.2) is 27.6 Å². The second-order valence-electron chi connectivity index (χ2n) is 3.80. The molecule has 0 aliphatic carbocycles. The van der Waals surface area contributed by atoms with Crippen molar-refractivity contribution in [2.45, 2.75) is 11.8 Å². The van der Waals surface area contributed by atoms with Crippen molar-refractivity contribution in [3.63, 3.8) is 0 Å². The van der Waals surface area contributed by atoms with Gasteiger partial charge in [0.15, 0.2) is 0 Å². The summed E-state index contributed by atoms with van der Waals surface area (Å²) in [6.07, 6.45) is 5.08. The summed E-state index contributed by atoms with van der Waals surface area (Å²) in [4.78, 5) is 10.7. The first kappa shape index (κ1) is 15.7. The number of hydrogen-bond acceptors (Lipinski definition) is 3. The molecule has 19 heavy (non-hydrogen) atoms. The summed E-state index contributed by atoms with van der Waals surface area (Å²) in [5.41, 5.74) is 0.882. The zero-order valence-electron chi connectivity index (χ0n) is 10.1. The van der Waals surface area contributed by atoms with E-state index in [4.69, 9.17) is 11.5 Å².